The van der Waals surface area contributed by atoms with Crippen molar-refractivity contribution in [1.82, 2.24) is 0 Å². The first-order chi connectivity index (χ1) is 13.8. The number of pyridine rings is 1. The van der Waals surface area contributed by atoms with Crippen molar-refractivity contribution < 1.29 is 23.5 Å². The fourth-order valence-corrected chi connectivity index (χ4v) is 4.03. The van der Waals surface area contributed by atoms with Crippen LogP contribution in [0.4, 0.5) is 0 Å². The molecule has 3 aromatic rings. The molecule has 5 rings (SSSR count). The minimum atomic E-state index is 0.300. The molecule has 2 aliphatic rings. The van der Waals surface area contributed by atoms with Crippen molar-refractivity contribution in [2.45, 2.75) is 32.7 Å². The largest absolute Gasteiger partial charge is 0.493 e. The zero-order valence-electron chi connectivity index (χ0n) is 16.3. The first-order valence-electron chi connectivity index (χ1n) is 9.88. The third kappa shape index (κ3) is 2.73. The molecule has 2 aromatic carbocycles. The van der Waals surface area contributed by atoms with E-state index in [2.05, 4.69) is 42.0 Å². The van der Waals surface area contributed by atoms with Crippen LogP contribution in [0, 0.1) is 0 Å². The molecule has 0 N–H and O–H groups in total. The number of ether oxygens (including phenoxy) is 4. The third-order valence-corrected chi connectivity index (χ3v) is 5.54. The number of rotatable bonds is 5. The van der Waals surface area contributed by atoms with Crippen LogP contribution in [0.5, 0.6) is 23.0 Å². The van der Waals surface area contributed by atoms with E-state index in [1.54, 1.807) is 7.11 Å². The molecule has 5 nitrogen and oxygen atoms in total. The third-order valence-electron chi connectivity index (χ3n) is 5.54. The van der Waals surface area contributed by atoms with Crippen molar-refractivity contribution in [1.29, 1.82) is 0 Å². The van der Waals surface area contributed by atoms with Crippen LogP contribution < -0.4 is 23.5 Å². The number of methoxy groups -OCH3 is 1. The summed E-state index contributed by atoms with van der Waals surface area (Å²) in [6.45, 7) is 4.08. The number of aryl methyl sites for hydroxylation is 2. The number of hydrogen-bond donors (Lipinski definition) is 0. The summed E-state index contributed by atoms with van der Waals surface area (Å²) < 4.78 is 25.2. The Morgan fingerprint density at radius 2 is 1.96 bits per heavy atom. The van der Waals surface area contributed by atoms with Gasteiger partial charge in [-0.2, -0.15) is 4.57 Å². The summed E-state index contributed by atoms with van der Waals surface area (Å²) in [5.74, 6) is 3.29. The zero-order chi connectivity index (χ0) is 19.1. The van der Waals surface area contributed by atoms with Crippen molar-refractivity contribution in [2.24, 2.45) is 0 Å². The maximum Gasteiger partial charge on any atom is 0.231 e. The molecule has 0 amide bonds. The fraction of sp³-hybridized carbons (Fsp3) is 0.348. The molecular weight excluding hydrogens is 354 g/mol. The van der Waals surface area contributed by atoms with E-state index in [-0.39, 0.29) is 0 Å². The van der Waals surface area contributed by atoms with E-state index < -0.39 is 0 Å². The SMILES string of the molecule is CCCCOc1c(OC)ccc2cc3[n+](cc12)CCc1cc2c(cc1-3)OCO2. The Labute approximate surface area is 164 Å². The Morgan fingerprint density at radius 1 is 1.11 bits per heavy atom. The summed E-state index contributed by atoms with van der Waals surface area (Å²) in [5.41, 5.74) is 3.70. The van der Waals surface area contributed by atoms with Crippen molar-refractivity contribution >= 4 is 10.8 Å². The number of aromatic nitrogens is 1. The van der Waals surface area contributed by atoms with Crippen LogP contribution in [0.1, 0.15) is 25.3 Å². The maximum absolute atomic E-state index is 6.13. The van der Waals surface area contributed by atoms with Gasteiger partial charge in [0, 0.05) is 12.5 Å². The molecule has 5 heteroatoms. The van der Waals surface area contributed by atoms with E-state index in [0.29, 0.717) is 13.4 Å². The van der Waals surface area contributed by atoms with Gasteiger partial charge in [-0.05, 0) is 41.6 Å². The van der Waals surface area contributed by atoms with Gasteiger partial charge in [-0.15, -0.1) is 0 Å². The minimum absolute atomic E-state index is 0.300. The normalized spacial score (nSPS) is 13.9. The molecule has 0 spiro atoms. The number of unbranched alkanes of at least 4 members (excludes halogenated alkanes) is 1. The standard InChI is InChI=1S/C23H24NO4/c1-3-4-9-26-23-18-13-24-8-7-16-11-21-22(28-14-27-21)12-17(16)19(24)10-15(18)5-6-20(23)25-2/h5-6,10-13H,3-4,7-9,14H2,1-2H3/q+1. The second-order valence-corrected chi connectivity index (χ2v) is 7.27. The average molecular weight is 378 g/mol. The number of fused-ring (bicyclic) bond motifs is 5. The highest BCUT2D eigenvalue weighted by Crippen LogP contribution is 2.41. The monoisotopic (exact) mass is 378 g/mol. The smallest absolute Gasteiger partial charge is 0.231 e. The molecule has 0 radical (unpaired) electrons. The highest BCUT2D eigenvalue weighted by atomic mass is 16.7. The Balaban J connectivity index is 1.65. The Kier molecular flexibility index (Phi) is 4.23. The van der Waals surface area contributed by atoms with E-state index >= 15 is 0 Å². The maximum atomic E-state index is 6.13. The second-order valence-electron chi connectivity index (χ2n) is 7.27. The van der Waals surface area contributed by atoms with Crippen molar-refractivity contribution in [3.8, 4) is 34.3 Å². The molecule has 0 aliphatic carbocycles. The fourth-order valence-electron chi connectivity index (χ4n) is 4.03. The molecule has 1 aromatic heterocycles. The molecule has 0 saturated heterocycles. The lowest BCUT2D eigenvalue weighted by atomic mass is 9.95. The highest BCUT2D eigenvalue weighted by Gasteiger charge is 2.28. The molecule has 0 bridgehead atoms. The van der Waals surface area contributed by atoms with E-state index in [4.69, 9.17) is 18.9 Å². The molecule has 3 heterocycles. The van der Waals surface area contributed by atoms with Gasteiger partial charge >= 0.3 is 0 Å². The van der Waals surface area contributed by atoms with Crippen LogP contribution in [-0.2, 0) is 13.0 Å². The summed E-state index contributed by atoms with van der Waals surface area (Å²) >= 11 is 0. The number of hydrogen-bond acceptors (Lipinski definition) is 4. The van der Waals surface area contributed by atoms with Gasteiger partial charge in [0.2, 0.25) is 12.5 Å². The van der Waals surface area contributed by atoms with Gasteiger partial charge in [-0.3, -0.25) is 0 Å². The van der Waals surface area contributed by atoms with Gasteiger partial charge in [-0.1, -0.05) is 13.3 Å². The van der Waals surface area contributed by atoms with Gasteiger partial charge < -0.3 is 18.9 Å². The van der Waals surface area contributed by atoms with Gasteiger partial charge in [0.15, 0.2) is 35.7 Å². The van der Waals surface area contributed by atoms with E-state index in [0.717, 1.165) is 59.6 Å². The summed E-state index contributed by atoms with van der Waals surface area (Å²) in [7, 11) is 1.69. The Morgan fingerprint density at radius 3 is 2.79 bits per heavy atom. The lowest BCUT2D eigenvalue weighted by Crippen LogP contribution is -2.40. The van der Waals surface area contributed by atoms with Crippen LogP contribution >= 0.6 is 0 Å². The van der Waals surface area contributed by atoms with E-state index in [9.17, 15) is 0 Å². The van der Waals surface area contributed by atoms with Gasteiger partial charge in [0.25, 0.3) is 0 Å². The quantitative estimate of drug-likeness (QED) is 0.491. The number of nitrogens with zero attached hydrogens (tertiary/aromatic N) is 1. The molecule has 2 aliphatic heterocycles. The molecule has 0 fully saturated rings. The molecule has 0 atom stereocenters. The van der Waals surface area contributed by atoms with Crippen LogP contribution in [-0.4, -0.2) is 20.5 Å². The minimum Gasteiger partial charge on any atom is -0.493 e. The average Bonchev–Trinajstić information content (AvgIpc) is 3.18. The molecule has 144 valence electrons. The lowest BCUT2D eigenvalue weighted by molar-refractivity contribution is -0.686. The molecular formula is C23H24NO4+. The van der Waals surface area contributed by atoms with E-state index in [1.165, 1.54) is 16.8 Å². The van der Waals surface area contributed by atoms with Crippen LogP contribution in [0.3, 0.4) is 0 Å². The zero-order valence-corrected chi connectivity index (χ0v) is 16.3. The Hall–Kier alpha value is -2.95. The molecule has 0 saturated carbocycles. The summed E-state index contributed by atoms with van der Waals surface area (Å²) in [5, 5.41) is 2.23. The van der Waals surface area contributed by atoms with Crippen LogP contribution in [0.25, 0.3) is 22.0 Å². The van der Waals surface area contributed by atoms with Gasteiger partial charge in [0.1, 0.15) is 0 Å². The topological polar surface area (TPSA) is 40.8 Å². The Bertz CT molecular complexity index is 1060. The molecule has 0 unspecified atom stereocenters. The van der Waals surface area contributed by atoms with Gasteiger partial charge in [-0.25, -0.2) is 0 Å². The van der Waals surface area contributed by atoms with Crippen LogP contribution in [0.15, 0.2) is 36.5 Å². The van der Waals surface area contributed by atoms with Crippen molar-refractivity contribution in [2.75, 3.05) is 20.5 Å². The molecule has 28 heavy (non-hydrogen) atoms. The first-order valence-corrected chi connectivity index (χ1v) is 9.88. The number of benzene rings is 2. The highest BCUT2D eigenvalue weighted by molar-refractivity contribution is 5.91. The van der Waals surface area contributed by atoms with Crippen LogP contribution in [0.2, 0.25) is 0 Å². The predicted octanol–water partition coefficient (Wildman–Crippen LogP) is 4.27. The summed E-state index contributed by atoms with van der Waals surface area (Å²) in [6, 6.07) is 10.6. The van der Waals surface area contributed by atoms with Crippen molar-refractivity contribution in [3.05, 3.63) is 42.1 Å². The van der Waals surface area contributed by atoms with Gasteiger partial charge in [0.05, 0.1) is 24.7 Å². The first kappa shape index (κ1) is 17.2. The predicted molar refractivity (Wildman–Crippen MR) is 106 cm³/mol. The lowest BCUT2D eigenvalue weighted by Gasteiger charge is -2.18. The summed E-state index contributed by atoms with van der Waals surface area (Å²) in [4.78, 5) is 0. The van der Waals surface area contributed by atoms with Crippen molar-refractivity contribution in [3.63, 3.8) is 0 Å². The second kappa shape index (κ2) is 6.89. The summed E-state index contributed by atoms with van der Waals surface area (Å²) in [6.07, 6.45) is 5.29. The van der Waals surface area contributed by atoms with E-state index in [1.807, 2.05) is 6.07 Å².